The predicted molar refractivity (Wildman–Crippen MR) is 160 cm³/mol. The van der Waals surface area contributed by atoms with E-state index in [9.17, 15) is 13.2 Å². The van der Waals surface area contributed by atoms with Crippen molar-refractivity contribution in [2.24, 2.45) is 0 Å². The summed E-state index contributed by atoms with van der Waals surface area (Å²) < 4.78 is 42.8. The smallest absolute Gasteiger partial charge is 0.271 e. The molecule has 2 heterocycles. The van der Waals surface area contributed by atoms with Gasteiger partial charge in [0.25, 0.3) is 5.91 Å². The summed E-state index contributed by atoms with van der Waals surface area (Å²) in [6, 6.07) is 20.1. The van der Waals surface area contributed by atoms with Gasteiger partial charge in [0.15, 0.2) is 15.0 Å². The zero-order chi connectivity index (χ0) is 29.5. The summed E-state index contributed by atoms with van der Waals surface area (Å²) in [5, 5.41) is 12.3. The Bertz CT molecular complexity index is 1680. The first-order chi connectivity index (χ1) is 20.3. The van der Waals surface area contributed by atoms with E-state index in [-0.39, 0.29) is 10.6 Å². The van der Waals surface area contributed by atoms with Gasteiger partial charge in [-0.2, -0.15) is 5.26 Å². The standard InChI is InChI=1S/C30H30N4O6S2/c1-2-42(36,37)25-10-5-22(6-11-25)28(40-23-7-3-21(20-31)4-8-23)29(35)33-30-32-26-12-9-24(19-27(26)41-30)39-18-15-34-13-16-38-17-14-34/h3-12,19,28H,2,13-18H2,1H3,(H,32,33,35). The molecule has 0 aliphatic carbocycles. The Morgan fingerprint density at radius 3 is 2.50 bits per heavy atom. The van der Waals surface area contributed by atoms with Crippen molar-refractivity contribution in [3.05, 3.63) is 77.9 Å². The Morgan fingerprint density at radius 1 is 1.10 bits per heavy atom. The number of nitrogens with zero attached hydrogens (tertiary/aromatic N) is 3. The SMILES string of the molecule is CCS(=O)(=O)c1ccc(C(Oc2ccc(C#N)cc2)C(=O)Nc2nc3ccc(OCCN4CCOCC4)cc3s2)cc1. The molecule has 4 aromatic rings. The van der Waals surface area contributed by atoms with Crippen molar-refractivity contribution in [1.29, 1.82) is 5.26 Å². The summed E-state index contributed by atoms with van der Waals surface area (Å²) in [4.78, 5) is 20.6. The first kappa shape index (κ1) is 29.5. The van der Waals surface area contributed by atoms with E-state index in [1.165, 1.54) is 23.5 Å². The van der Waals surface area contributed by atoms with Crippen LogP contribution in [-0.2, 0) is 19.4 Å². The van der Waals surface area contributed by atoms with Crippen molar-refractivity contribution >= 4 is 42.4 Å². The molecule has 12 heteroatoms. The Balaban J connectivity index is 1.32. The lowest BCUT2D eigenvalue weighted by Gasteiger charge is -2.26. The highest BCUT2D eigenvalue weighted by Crippen LogP contribution is 2.31. The summed E-state index contributed by atoms with van der Waals surface area (Å²) in [5.41, 5.74) is 1.63. The molecule has 1 saturated heterocycles. The summed E-state index contributed by atoms with van der Waals surface area (Å²) in [6.07, 6.45) is -1.11. The summed E-state index contributed by atoms with van der Waals surface area (Å²) in [7, 11) is -3.40. The predicted octanol–water partition coefficient (Wildman–Crippen LogP) is 4.43. The van der Waals surface area contributed by atoms with E-state index < -0.39 is 21.8 Å². The summed E-state index contributed by atoms with van der Waals surface area (Å²) in [5.74, 6) is 0.589. The maximum Gasteiger partial charge on any atom is 0.271 e. The van der Waals surface area contributed by atoms with Gasteiger partial charge >= 0.3 is 0 Å². The van der Waals surface area contributed by atoms with Crippen LogP contribution in [0.15, 0.2) is 71.6 Å². The van der Waals surface area contributed by atoms with Gasteiger partial charge in [0.05, 0.1) is 45.7 Å². The van der Waals surface area contributed by atoms with E-state index in [1.54, 1.807) is 43.3 Å². The minimum atomic E-state index is -3.40. The molecule has 5 rings (SSSR count). The third-order valence-electron chi connectivity index (χ3n) is 6.77. The van der Waals surface area contributed by atoms with Gasteiger partial charge in [-0.15, -0.1) is 0 Å². The number of benzene rings is 3. The number of hydrogen-bond acceptors (Lipinski definition) is 10. The van der Waals surface area contributed by atoms with Gasteiger partial charge in [-0.1, -0.05) is 30.4 Å². The molecule has 218 valence electrons. The number of ether oxygens (including phenoxy) is 3. The molecule has 0 saturated carbocycles. The molecule has 1 unspecified atom stereocenters. The highest BCUT2D eigenvalue weighted by molar-refractivity contribution is 7.91. The topological polar surface area (TPSA) is 131 Å². The van der Waals surface area contributed by atoms with Crippen LogP contribution in [0.4, 0.5) is 5.13 Å². The number of carbonyl (C=O) groups excluding carboxylic acids is 1. The van der Waals surface area contributed by atoms with Crippen LogP contribution in [0.1, 0.15) is 24.2 Å². The van der Waals surface area contributed by atoms with E-state index >= 15 is 0 Å². The lowest BCUT2D eigenvalue weighted by Crippen LogP contribution is -2.38. The number of nitriles is 1. The third-order valence-corrected chi connectivity index (χ3v) is 9.45. The number of thiazole rings is 1. The fourth-order valence-corrected chi connectivity index (χ4v) is 6.15. The third kappa shape index (κ3) is 7.24. The number of amides is 1. The van der Waals surface area contributed by atoms with E-state index in [2.05, 4.69) is 15.2 Å². The van der Waals surface area contributed by atoms with Crippen LogP contribution in [0.3, 0.4) is 0 Å². The summed E-state index contributed by atoms with van der Waals surface area (Å²) in [6.45, 7) is 6.24. The molecular formula is C30H30N4O6S2. The molecule has 1 aliphatic heterocycles. The number of hydrogen-bond donors (Lipinski definition) is 1. The second kappa shape index (κ2) is 13.3. The average molecular weight is 607 g/mol. The molecule has 10 nitrogen and oxygen atoms in total. The number of aromatic nitrogens is 1. The van der Waals surface area contributed by atoms with E-state index in [0.29, 0.717) is 28.6 Å². The number of carbonyl (C=O) groups is 1. The second-order valence-corrected chi connectivity index (χ2v) is 12.9. The fourth-order valence-electron chi connectivity index (χ4n) is 4.37. The molecular weight excluding hydrogens is 576 g/mol. The van der Waals surface area contributed by atoms with Gasteiger partial charge in [0.2, 0.25) is 6.10 Å². The first-order valence-corrected chi connectivity index (χ1v) is 16.0. The largest absolute Gasteiger partial charge is 0.492 e. The lowest BCUT2D eigenvalue weighted by molar-refractivity contribution is -0.123. The molecule has 1 fully saturated rings. The van der Waals surface area contributed by atoms with Gasteiger partial charge in [-0.05, 0) is 54.6 Å². The van der Waals surface area contributed by atoms with Crippen LogP contribution < -0.4 is 14.8 Å². The lowest BCUT2D eigenvalue weighted by atomic mass is 10.1. The van der Waals surface area contributed by atoms with Crippen LogP contribution in [0.5, 0.6) is 11.5 Å². The molecule has 1 aromatic heterocycles. The van der Waals surface area contributed by atoms with Gasteiger partial charge in [0.1, 0.15) is 18.1 Å². The second-order valence-electron chi connectivity index (χ2n) is 9.55. The summed E-state index contributed by atoms with van der Waals surface area (Å²) >= 11 is 1.31. The molecule has 1 atom stereocenters. The molecule has 1 N–H and O–H groups in total. The number of anilines is 1. The number of sulfone groups is 1. The average Bonchev–Trinajstić information content (AvgIpc) is 3.42. The number of morpholine rings is 1. The Kier molecular flexibility index (Phi) is 9.34. The molecule has 0 radical (unpaired) electrons. The van der Waals surface area contributed by atoms with Crippen LogP contribution in [-0.4, -0.2) is 69.4 Å². The van der Waals surface area contributed by atoms with Gasteiger partial charge in [-0.3, -0.25) is 15.0 Å². The maximum absolute atomic E-state index is 13.5. The van der Waals surface area contributed by atoms with Crippen molar-refractivity contribution in [1.82, 2.24) is 9.88 Å². The highest BCUT2D eigenvalue weighted by Gasteiger charge is 2.25. The van der Waals surface area contributed by atoms with Gasteiger partial charge in [0, 0.05) is 25.2 Å². The Hall–Kier alpha value is -4.02. The van der Waals surface area contributed by atoms with Crippen LogP contribution >= 0.6 is 11.3 Å². The fraction of sp³-hybridized carbons (Fsp3) is 0.300. The molecule has 0 spiro atoms. The Labute approximate surface area is 248 Å². The van der Waals surface area contributed by atoms with E-state index in [0.717, 1.165) is 48.8 Å². The van der Waals surface area contributed by atoms with Gasteiger partial charge in [-0.25, -0.2) is 13.4 Å². The van der Waals surface area contributed by atoms with Crippen LogP contribution in [0.2, 0.25) is 0 Å². The van der Waals surface area contributed by atoms with Crippen molar-refractivity contribution < 1.29 is 27.4 Å². The van der Waals surface area contributed by atoms with E-state index in [1.807, 2.05) is 24.3 Å². The molecule has 1 amide bonds. The van der Waals surface area contributed by atoms with Crippen LogP contribution in [0.25, 0.3) is 10.2 Å². The molecule has 1 aliphatic rings. The number of rotatable bonds is 11. The Morgan fingerprint density at radius 2 is 1.81 bits per heavy atom. The highest BCUT2D eigenvalue weighted by atomic mass is 32.2. The quantitative estimate of drug-likeness (QED) is 0.263. The first-order valence-electron chi connectivity index (χ1n) is 13.5. The zero-order valence-electron chi connectivity index (χ0n) is 23.0. The van der Waals surface area contributed by atoms with Crippen molar-refractivity contribution in [3.63, 3.8) is 0 Å². The minimum Gasteiger partial charge on any atom is -0.492 e. The zero-order valence-corrected chi connectivity index (χ0v) is 24.6. The number of fused-ring (bicyclic) bond motifs is 1. The normalized spacial score (nSPS) is 14.7. The van der Waals surface area contributed by atoms with E-state index in [4.69, 9.17) is 19.5 Å². The van der Waals surface area contributed by atoms with Gasteiger partial charge < -0.3 is 14.2 Å². The van der Waals surface area contributed by atoms with Crippen molar-refractivity contribution in [2.45, 2.75) is 17.9 Å². The molecule has 42 heavy (non-hydrogen) atoms. The monoisotopic (exact) mass is 606 g/mol. The van der Waals surface area contributed by atoms with Crippen LogP contribution in [0, 0.1) is 11.3 Å². The minimum absolute atomic E-state index is 0.0315. The molecule has 3 aromatic carbocycles. The van der Waals surface area contributed by atoms with Crippen molar-refractivity contribution in [2.75, 3.05) is 50.5 Å². The van der Waals surface area contributed by atoms with Crippen molar-refractivity contribution in [3.8, 4) is 17.6 Å². The maximum atomic E-state index is 13.5. The molecule has 0 bridgehead atoms. The number of nitrogens with one attached hydrogen (secondary N) is 1.